The molecule has 0 atom stereocenters. The van der Waals surface area contributed by atoms with E-state index in [9.17, 15) is 0 Å². The minimum atomic E-state index is 0.413. The van der Waals surface area contributed by atoms with Crippen molar-refractivity contribution in [1.82, 2.24) is 9.78 Å². The van der Waals surface area contributed by atoms with Crippen molar-refractivity contribution in [2.75, 3.05) is 31.2 Å². The van der Waals surface area contributed by atoms with E-state index >= 15 is 0 Å². The Bertz CT molecular complexity index is 1030. The summed E-state index contributed by atoms with van der Waals surface area (Å²) in [6.07, 6.45) is 2.57. The Morgan fingerprint density at radius 2 is 1.77 bits per heavy atom. The second kappa shape index (κ2) is 9.45. The van der Waals surface area contributed by atoms with Gasteiger partial charge in [0.25, 0.3) is 0 Å². The van der Waals surface area contributed by atoms with Gasteiger partial charge < -0.3 is 20.4 Å². The Morgan fingerprint density at radius 1 is 1.06 bits per heavy atom. The summed E-state index contributed by atoms with van der Waals surface area (Å²) in [4.78, 5) is 2.35. The number of quaternary nitrogens is 1. The van der Waals surface area contributed by atoms with Gasteiger partial charge in [-0.25, -0.2) is 4.68 Å². The number of hydrogen-bond donors (Lipinski definition) is 2. The van der Waals surface area contributed by atoms with Crippen molar-refractivity contribution < 1.29 is 10.1 Å². The maximum Gasteiger partial charge on any atom is 0.139 e. The van der Waals surface area contributed by atoms with Crippen LogP contribution >= 0.6 is 0 Å². The molecule has 2 aromatic carbocycles. The summed E-state index contributed by atoms with van der Waals surface area (Å²) >= 11 is 0. The lowest BCUT2D eigenvalue weighted by Gasteiger charge is -2.28. The Balaban J connectivity index is 1.65. The van der Waals surface area contributed by atoms with Gasteiger partial charge in [-0.3, -0.25) is 0 Å². The van der Waals surface area contributed by atoms with Gasteiger partial charge in [-0.1, -0.05) is 13.0 Å². The van der Waals surface area contributed by atoms with Crippen LogP contribution in [0.5, 0.6) is 0 Å². The molecule has 4 rings (SSSR count). The monoisotopic (exact) mass is 418 g/mol. The molecule has 1 aromatic heterocycles. The van der Waals surface area contributed by atoms with Crippen molar-refractivity contribution in [2.24, 2.45) is 0 Å². The first-order chi connectivity index (χ1) is 15.1. The van der Waals surface area contributed by atoms with Gasteiger partial charge in [0.05, 0.1) is 42.4 Å². The zero-order valence-corrected chi connectivity index (χ0v) is 18.6. The van der Waals surface area contributed by atoms with E-state index in [1.54, 1.807) is 0 Å². The first kappa shape index (κ1) is 21.3. The fourth-order valence-corrected chi connectivity index (χ4v) is 4.04. The zero-order chi connectivity index (χ0) is 21.8. The summed E-state index contributed by atoms with van der Waals surface area (Å²) in [5, 5.41) is 15.2. The molecule has 6 nitrogen and oxygen atoms in total. The summed E-state index contributed by atoms with van der Waals surface area (Å²) in [7, 11) is 0. The SMILES string of the molecule is CCC(=N)c1ccc(-c2ccnn2-c2ccc(N3CCOCC3)cc2)cc1[NH2+]C(C)C. The Morgan fingerprint density at radius 3 is 2.45 bits per heavy atom. The van der Waals surface area contributed by atoms with Gasteiger partial charge in [0.15, 0.2) is 0 Å². The van der Waals surface area contributed by atoms with E-state index in [0.717, 1.165) is 60.9 Å². The summed E-state index contributed by atoms with van der Waals surface area (Å²) in [5.74, 6) is 0. The third-order valence-corrected chi connectivity index (χ3v) is 5.65. The molecular formula is C25H32N5O+. The van der Waals surface area contributed by atoms with Crippen molar-refractivity contribution in [1.29, 1.82) is 5.41 Å². The van der Waals surface area contributed by atoms with Crippen LogP contribution in [0.1, 0.15) is 32.8 Å². The lowest BCUT2D eigenvalue weighted by Crippen LogP contribution is -2.83. The number of hydrogen-bond acceptors (Lipinski definition) is 4. The van der Waals surface area contributed by atoms with E-state index in [4.69, 9.17) is 10.1 Å². The third kappa shape index (κ3) is 4.70. The fraction of sp³-hybridized carbons (Fsp3) is 0.360. The number of ether oxygens (including phenoxy) is 1. The van der Waals surface area contributed by atoms with Crippen molar-refractivity contribution in [3.8, 4) is 16.9 Å². The standard InChI is InChI=1S/C25H31N5O/c1-4-23(26)22-10-5-19(17-24(22)28-18(2)3)25-11-12-27-30(25)21-8-6-20(7-9-21)29-13-15-31-16-14-29/h5-12,17-18,26,28H,4,13-16H2,1-3H3/p+1. The van der Waals surface area contributed by atoms with E-state index in [-0.39, 0.29) is 0 Å². The molecule has 0 aliphatic carbocycles. The second-order valence-electron chi connectivity index (χ2n) is 8.29. The number of nitrogens with zero attached hydrogens (tertiary/aromatic N) is 3. The molecule has 0 spiro atoms. The molecule has 0 radical (unpaired) electrons. The van der Waals surface area contributed by atoms with E-state index in [1.165, 1.54) is 5.69 Å². The molecule has 162 valence electrons. The highest BCUT2D eigenvalue weighted by molar-refractivity contribution is 6.02. The highest BCUT2D eigenvalue weighted by Crippen LogP contribution is 2.27. The Labute approximate surface area is 184 Å². The lowest BCUT2D eigenvalue weighted by atomic mass is 10.0. The quantitative estimate of drug-likeness (QED) is 0.453. The first-order valence-electron chi connectivity index (χ1n) is 11.1. The molecule has 2 heterocycles. The van der Waals surface area contributed by atoms with E-state index in [1.807, 2.05) is 17.8 Å². The minimum Gasteiger partial charge on any atom is -0.378 e. The second-order valence-corrected chi connectivity index (χ2v) is 8.29. The van der Waals surface area contributed by atoms with Crippen LogP contribution in [0.25, 0.3) is 16.9 Å². The number of anilines is 1. The molecule has 6 heteroatoms. The zero-order valence-electron chi connectivity index (χ0n) is 18.6. The van der Waals surface area contributed by atoms with E-state index < -0.39 is 0 Å². The summed E-state index contributed by atoms with van der Waals surface area (Å²) in [5.41, 5.74) is 7.22. The molecule has 0 amide bonds. The molecule has 1 aliphatic heterocycles. The normalized spacial score (nSPS) is 14.3. The summed E-state index contributed by atoms with van der Waals surface area (Å²) < 4.78 is 7.45. The molecular weight excluding hydrogens is 386 g/mol. The van der Waals surface area contributed by atoms with Crippen LogP contribution in [0.2, 0.25) is 0 Å². The van der Waals surface area contributed by atoms with Crippen molar-refractivity contribution in [2.45, 2.75) is 33.2 Å². The van der Waals surface area contributed by atoms with Crippen LogP contribution in [-0.4, -0.2) is 47.8 Å². The first-order valence-corrected chi connectivity index (χ1v) is 11.1. The maximum absolute atomic E-state index is 8.34. The van der Waals surface area contributed by atoms with Gasteiger partial charge >= 0.3 is 0 Å². The minimum absolute atomic E-state index is 0.413. The molecule has 31 heavy (non-hydrogen) atoms. The van der Waals surface area contributed by atoms with Crippen molar-refractivity contribution in [3.05, 3.63) is 60.3 Å². The number of aromatic nitrogens is 2. The van der Waals surface area contributed by atoms with Crippen LogP contribution in [0.3, 0.4) is 0 Å². The van der Waals surface area contributed by atoms with Crippen molar-refractivity contribution in [3.63, 3.8) is 0 Å². The van der Waals surface area contributed by atoms with Crippen molar-refractivity contribution >= 4 is 17.1 Å². The average Bonchev–Trinajstić information content (AvgIpc) is 3.29. The highest BCUT2D eigenvalue weighted by atomic mass is 16.5. The fourth-order valence-electron chi connectivity index (χ4n) is 4.04. The van der Waals surface area contributed by atoms with Gasteiger partial charge in [-0.2, -0.15) is 5.10 Å². The van der Waals surface area contributed by atoms with Gasteiger partial charge in [0, 0.05) is 36.1 Å². The lowest BCUT2D eigenvalue weighted by molar-refractivity contribution is -0.603. The van der Waals surface area contributed by atoms with Crippen LogP contribution < -0.4 is 10.2 Å². The van der Waals surface area contributed by atoms with Gasteiger partial charge in [0.2, 0.25) is 0 Å². The number of nitrogens with one attached hydrogen (secondary N) is 1. The number of morpholine rings is 1. The molecule has 3 N–H and O–H groups in total. The highest BCUT2D eigenvalue weighted by Gasteiger charge is 2.16. The Hall–Kier alpha value is -2.96. The molecule has 0 bridgehead atoms. The third-order valence-electron chi connectivity index (χ3n) is 5.65. The molecule has 1 aliphatic rings. The van der Waals surface area contributed by atoms with Crippen LogP contribution in [0.4, 0.5) is 11.4 Å². The molecule has 1 saturated heterocycles. The predicted octanol–water partition coefficient (Wildman–Crippen LogP) is 3.76. The van der Waals surface area contributed by atoms with Gasteiger partial charge in [-0.05, 0) is 56.7 Å². The molecule has 1 fully saturated rings. The van der Waals surface area contributed by atoms with E-state index in [0.29, 0.717) is 11.8 Å². The van der Waals surface area contributed by atoms with E-state index in [2.05, 4.69) is 77.7 Å². The largest absolute Gasteiger partial charge is 0.378 e. The smallest absolute Gasteiger partial charge is 0.139 e. The molecule has 0 unspecified atom stereocenters. The van der Waals surface area contributed by atoms with Crippen LogP contribution in [-0.2, 0) is 4.74 Å². The number of rotatable bonds is 7. The topological polar surface area (TPSA) is 70.8 Å². The number of nitrogens with two attached hydrogens (primary N) is 1. The maximum atomic E-state index is 8.34. The summed E-state index contributed by atoms with van der Waals surface area (Å²) in [6.45, 7) is 9.81. The average molecular weight is 419 g/mol. The molecule has 0 saturated carbocycles. The Kier molecular flexibility index (Phi) is 6.49. The predicted molar refractivity (Wildman–Crippen MR) is 126 cm³/mol. The van der Waals surface area contributed by atoms with Crippen LogP contribution in [0.15, 0.2) is 54.7 Å². The van der Waals surface area contributed by atoms with Crippen LogP contribution in [0, 0.1) is 5.41 Å². The van der Waals surface area contributed by atoms with Gasteiger partial charge in [-0.15, -0.1) is 0 Å². The summed E-state index contributed by atoms with van der Waals surface area (Å²) in [6, 6.07) is 17.4. The molecule has 3 aromatic rings. The number of benzene rings is 2. The van der Waals surface area contributed by atoms with Gasteiger partial charge in [0.1, 0.15) is 5.69 Å².